The average molecular weight is 146 g/mol. The summed E-state index contributed by atoms with van der Waals surface area (Å²) in [6.07, 6.45) is 2.99. The number of nitrogens with zero attached hydrogens (tertiary/aromatic N) is 1. The van der Waals surface area contributed by atoms with Crippen LogP contribution in [-0.2, 0) is 9.68 Å². The van der Waals surface area contributed by atoms with Gasteiger partial charge in [0.1, 0.15) is 6.61 Å². The molecule has 0 heterocycles. The Bertz CT molecular complexity index is 78.1. The maximum absolute atomic E-state index is 4.81. The summed E-state index contributed by atoms with van der Waals surface area (Å²) < 4.78 is 0. The first-order chi connectivity index (χ1) is 4.91. The van der Waals surface area contributed by atoms with Crippen molar-refractivity contribution in [3.05, 3.63) is 0 Å². The second-order valence-corrected chi connectivity index (χ2v) is 1.89. The molecule has 0 bridgehead atoms. The van der Waals surface area contributed by atoms with Crippen LogP contribution in [0.3, 0.4) is 0 Å². The van der Waals surface area contributed by atoms with E-state index in [9.17, 15) is 0 Å². The molecule has 60 valence electrons. The number of oxime groups is 1. The fourth-order valence-electron chi connectivity index (χ4n) is 0.593. The predicted molar refractivity (Wildman–Crippen MR) is 39.5 cm³/mol. The van der Waals surface area contributed by atoms with E-state index in [4.69, 9.17) is 5.90 Å². The second-order valence-electron chi connectivity index (χ2n) is 1.89. The highest BCUT2D eigenvalue weighted by Gasteiger charge is 1.87. The molecule has 0 rings (SSSR count). The van der Waals surface area contributed by atoms with Gasteiger partial charge in [0.25, 0.3) is 0 Å². The third-order valence-corrected chi connectivity index (χ3v) is 1.09. The maximum atomic E-state index is 4.81. The SMILES string of the molecule is C=NOCCCCCON. The highest BCUT2D eigenvalue weighted by molar-refractivity contribution is 5.21. The molecule has 0 aromatic rings. The normalized spacial score (nSPS) is 9.30. The van der Waals surface area contributed by atoms with E-state index in [1.165, 1.54) is 0 Å². The molecule has 0 atom stereocenters. The summed E-state index contributed by atoms with van der Waals surface area (Å²) in [5, 5.41) is 3.25. The second kappa shape index (κ2) is 8.39. The van der Waals surface area contributed by atoms with E-state index in [1.807, 2.05) is 0 Å². The molecular formula is C6H14N2O2. The Hall–Kier alpha value is -0.610. The number of hydrogen-bond acceptors (Lipinski definition) is 4. The van der Waals surface area contributed by atoms with Gasteiger partial charge in [-0.05, 0) is 19.3 Å². The van der Waals surface area contributed by atoms with Crippen LogP contribution >= 0.6 is 0 Å². The number of rotatable bonds is 7. The summed E-state index contributed by atoms with van der Waals surface area (Å²) in [6, 6.07) is 0. The Morgan fingerprint density at radius 2 is 1.90 bits per heavy atom. The molecule has 10 heavy (non-hydrogen) atoms. The van der Waals surface area contributed by atoms with Crippen molar-refractivity contribution in [3.8, 4) is 0 Å². The molecule has 0 aliphatic rings. The lowest BCUT2D eigenvalue weighted by atomic mass is 10.2. The molecule has 0 radical (unpaired) electrons. The van der Waals surface area contributed by atoms with Crippen molar-refractivity contribution >= 4 is 6.72 Å². The van der Waals surface area contributed by atoms with Crippen molar-refractivity contribution in [3.63, 3.8) is 0 Å². The van der Waals surface area contributed by atoms with E-state index in [0.29, 0.717) is 13.2 Å². The van der Waals surface area contributed by atoms with Crippen LogP contribution in [0.25, 0.3) is 0 Å². The Morgan fingerprint density at radius 1 is 1.20 bits per heavy atom. The topological polar surface area (TPSA) is 56.8 Å². The molecule has 4 heteroatoms. The lowest BCUT2D eigenvalue weighted by Gasteiger charge is -1.97. The van der Waals surface area contributed by atoms with Gasteiger partial charge in [0.15, 0.2) is 0 Å². The summed E-state index contributed by atoms with van der Waals surface area (Å²) in [7, 11) is 0. The van der Waals surface area contributed by atoms with E-state index in [-0.39, 0.29) is 0 Å². The molecular weight excluding hydrogens is 132 g/mol. The number of unbranched alkanes of at least 4 members (excludes halogenated alkanes) is 2. The first kappa shape index (κ1) is 9.39. The molecule has 2 N–H and O–H groups in total. The molecule has 0 saturated heterocycles. The van der Waals surface area contributed by atoms with Gasteiger partial charge in [-0.2, -0.15) is 0 Å². The highest BCUT2D eigenvalue weighted by Crippen LogP contribution is 1.94. The van der Waals surface area contributed by atoms with Crippen LogP contribution in [-0.4, -0.2) is 19.9 Å². The minimum atomic E-state index is 0.613. The maximum Gasteiger partial charge on any atom is 0.117 e. The van der Waals surface area contributed by atoms with Gasteiger partial charge in [-0.3, -0.25) is 0 Å². The van der Waals surface area contributed by atoms with E-state index in [1.54, 1.807) is 0 Å². The lowest BCUT2D eigenvalue weighted by molar-refractivity contribution is 0.121. The van der Waals surface area contributed by atoms with Crippen molar-refractivity contribution in [1.29, 1.82) is 0 Å². The quantitative estimate of drug-likeness (QED) is 0.326. The van der Waals surface area contributed by atoms with E-state index < -0.39 is 0 Å². The van der Waals surface area contributed by atoms with Crippen molar-refractivity contribution in [2.45, 2.75) is 19.3 Å². The summed E-state index contributed by atoms with van der Waals surface area (Å²) in [6.45, 7) is 4.42. The molecule has 0 saturated carbocycles. The van der Waals surface area contributed by atoms with Crippen LogP contribution in [0.15, 0.2) is 5.16 Å². The molecule has 4 nitrogen and oxygen atoms in total. The summed E-state index contributed by atoms with van der Waals surface area (Å²) >= 11 is 0. The zero-order chi connectivity index (χ0) is 7.66. The van der Waals surface area contributed by atoms with Crippen LogP contribution in [0.1, 0.15) is 19.3 Å². The van der Waals surface area contributed by atoms with Gasteiger partial charge >= 0.3 is 0 Å². The molecule has 0 amide bonds. The fraction of sp³-hybridized carbons (Fsp3) is 0.833. The zero-order valence-corrected chi connectivity index (χ0v) is 6.08. The summed E-state index contributed by atoms with van der Waals surface area (Å²) in [5.74, 6) is 4.81. The summed E-state index contributed by atoms with van der Waals surface area (Å²) in [5.41, 5.74) is 0. The van der Waals surface area contributed by atoms with Gasteiger partial charge in [0.05, 0.1) is 6.61 Å². The van der Waals surface area contributed by atoms with Crippen molar-refractivity contribution < 1.29 is 9.68 Å². The van der Waals surface area contributed by atoms with E-state index >= 15 is 0 Å². The third kappa shape index (κ3) is 7.39. The third-order valence-electron chi connectivity index (χ3n) is 1.09. The van der Waals surface area contributed by atoms with E-state index in [2.05, 4.69) is 21.5 Å². The van der Waals surface area contributed by atoms with Gasteiger partial charge in [-0.15, -0.1) is 5.16 Å². The van der Waals surface area contributed by atoms with Crippen LogP contribution < -0.4 is 5.90 Å². The molecule has 0 spiro atoms. The minimum Gasteiger partial charge on any atom is -0.396 e. The fourth-order valence-corrected chi connectivity index (χ4v) is 0.593. The smallest absolute Gasteiger partial charge is 0.117 e. The van der Waals surface area contributed by atoms with Crippen LogP contribution in [0, 0.1) is 0 Å². The van der Waals surface area contributed by atoms with Gasteiger partial charge in [-0.1, -0.05) is 0 Å². The first-order valence-electron chi connectivity index (χ1n) is 3.31. The lowest BCUT2D eigenvalue weighted by Crippen LogP contribution is -2.00. The molecule has 0 unspecified atom stereocenters. The molecule has 0 fully saturated rings. The Kier molecular flexibility index (Phi) is 7.88. The van der Waals surface area contributed by atoms with Crippen molar-refractivity contribution in [2.24, 2.45) is 11.1 Å². The molecule has 0 aromatic heterocycles. The highest BCUT2D eigenvalue weighted by atomic mass is 16.6. The number of nitrogens with two attached hydrogens (primary N) is 1. The zero-order valence-electron chi connectivity index (χ0n) is 6.08. The van der Waals surface area contributed by atoms with E-state index in [0.717, 1.165) is 19.3 Å². The monoisotopic (exact) mass is 146 g/mol. The summed E-state index contributed by atoms with van der Waals surface area (Å²) in [4.78, 5) is 9.03. The van der Waals surface area contributed by atoms with Gasteiger partial charge in [0, 0.05) is 6.72 Å². The van der Waals surface area contributed by atoms with Crippen molar-refractivity contribution in [2.75, 3.05) is 13.2 Å². The van der Waals surface area contributed by atoms with Crippen LogP contribution in [0.5, 0.6) is 0 Å². The standard InChI is InChI=1S/C6H14N2O2/c1-8-10-6-4-2-3-5-9-7/h1-7H2. The molecule has 0 aliphatic carbocycles. The van der Waals surface area contributed by atoms with Gasteiger partial charge < -0.3 is 9.68 Å². The Labute approximate surface area is 60.9 Å². The van der Waals surface area contributed by atoms with Crippen LogP contribution in [0.4, 0.5) is 0 Å². The van der Waals surface area contributed by atoms with Gasteiger partial charge in [-0.25, -0.2) is 5.90 Å². The van der Waals surface area contributed by atoms with Crippen LogP contribution in [0.2, 0.25) is 0 Å². The Morgan fingerprint density at radius 3 is 2.50 bits per heavy atom. The first-order valence-corrected chi connectivity index (χ1v) is 3.31. The molecule has 0 aliphatic heterocycles. The minimum absolute atomic E-state index is 0.613. The van der Waals surface area contributed by atoms with Crippen molar-refractivity contribution in [1.82, 2.24) is 0 Å². The Balaban J connectivity index is 2.70. The van der Waals surface area contributed by atoms with Gasteiger partial charge in [0.2, 0.25) is 0 Å². The largest absolute Gasteiger partial charge is 0.396 e. The predicted octanol–water partition coefficient (Wildman–Crippen LogP) is 0.679. The molecule has 0 aromatic carbocycles. The average Bonchev–Trinajstić information content (AvgIpc) is 1.97. The number of hydrogen-bond donors (Lipinski definition) is 1.